The Balaban J connectivity index is 1.87. The first kappa shape index (κ1) is 16.5. The van der Waals surface area contributed by atoms with E-state index in [0.717, 1.165) is 37.8 Å². The summed E-state index contributed by atoms with van der Waals surface area (Å²) in [6, 6.07) is 11.9. The molecule has 4 rings (SSSR count). The molecule has 0 fully saturated rings. The quantitative estimate of drug-likeness (QED) is 0.554. The molecule has 0 bridgehead atoms. The molecule has 0 saturated heterocycles. The van der Waals surface area contributed by atoms with Crippen LogP contribution in [0.2, 0.25) is 0 Å². The summed E-state index contributed by atoms with van der Waals surface area (Å²) in [4.78, 5) is 22.6. The van der Waals surface area contributed by atoms with Crippen LogP contribution in [0.15, 0.2) is 52.6 Å². The number of aryl methyl sites for hydroxylation is 3. The number of aromatic amines is 1. The molecule has 130 valence electrons. The molecule has 0 amide bonds. The molecule has 26 heavy (non-hydrogen) atoms. The van der Waals surface area contributed by atoms with Gasteiger partial charge in [0.05, 0.1) is 11.6 Å². The summed E-state index contributed by atoms with van der Waals surface area (Å²) in [5, 5.41) is 4.97. The van der Waals surface area contributed by atoms with Gasteiger partial charge in [-0.3, -0.25) is 4.79 Å². The van der Waals surface area contributed by atoms with Crippen molar-refractivity contribution in [3.8, 4) is 11.1 Å². The topological polar surface area (TPSA) is 63.0 Å². The zero-order valence-corrected chi connectivity index (χ0v) is 15.6. The monoisotopic (exact) mass is 362 g/mol. The molecule has 0 aliphatic heterocycles. The van der Waals surface area contributed by atoms with Gasteiger partial charge in [-0.25, -0.2) is 4.98 Å². The summed E-state index contributed by atoms with van der Waals surface area (Å²) in [6.45, 7) is 5.99. The highest BCUT2D eigenvalue weighted by molar-refractivity contribution is 7.19. The van der Waals surface area contributed by atoms with Crippen molar-refractivity contribution in [3.05, 3.63) is 74.9 Å². The number of hydrogen-bond acceptors (Lipinski definition) is 4. The Morgan fingerprint density at radius 3 is 2.65 bits per heavy atom. The number of aromatic nitrogens is 3. The van der Waals surface area contributed by atoms with Crippen molar-refractivity contribution in [2.75, 3.05) is 0 Å². The molecule has 3 aromatic heterocycles. The summed E-state index contributed by atoms with van der Waals surface area (Å²) >= 11 is 1.54. The molecule has 0 radical (unpaired) electrons. The van der Waals surface area contributed by atoms with Crippen LogP contribution < -0.4 is 5.56 Å². The summed E-state index contributed by atoms with van der Waals surface area (Å²) in [7, 11) is 0. The first-order valence-electron chi connectivity index (χ1n) is 8.31. The Hall–Kier alpha value is -2.99. The van der Waals surface area contributed by atoms with E-state index >= 15 is 0 Å². The first-order chi connectivity index (χ1) is 12.5. The summed E-state index contributed by atoms with van der Waals surface area (Å²) in [5.41, 5.74) is 4.85. The number of fused-ring (bicyclic) bond motifs is 1. The predicted molar refractivity (Wildman–Crippen MR) is 107 cm³/mol. The van der Waals surface area contributed by atoms with Gasteiger partial charge < -0.3 is 4.98 Å². The molecule has 0 spiro atoms. The standard InChI is InChI=1S/C20H18N4OS/c1-12-9-16(13(2)23-12)10-22-24-11-21-19-18(20(24)25)17(14(3)26-19)15-7-5-4-6-8-15/h4-11,23H,1-3H3/b22-10+. The SMILES string of the molecule is Cc1cc(/C=N/n2cnc3sc(C)c(-c4ccccc4)c3c2=O)c(C)[nH]1. The van der Waals surface area contributed by atoms with Gasteiger partial charge in [0.1, 0.15) is 11.2 Å². The van der Waals surface area contributed by atoms with Crippen LogP contribution in [0.3, 0.4) is 0 Å². The van der Waals surface area contributed by atoms with Gasteiger partial charge in [-0.15, -0.1) is 11.3 Å². The minimum absolute atomic E-state index is 0.153. The molecule has 4 aromatic rings. The predicted octanol–water partition coefficient (Wildman–Crippen LogP) is 4.26. The third kappa shape index (κ3) is 2.78. The van der Waals surface area contributed by atoms with Crippen LogP contribution in [0.5, 0.6) is 0 Å². The molecule has 1 aromatic carbocycles. The largest absolute Gasteiger partial charge is 0.362 e. The number of hydrogen-bond donors (Lipinski definition) is 1. The smallest absolute Gasteiger partial charge is 0.283 e. The van der Waals surface area contributed by atoms with Crippen LogP contribution in [0.1, 0.15) is 21.8 Å². The van der Waals surface area contributed by atoms with Crippen LogP contribution in [-0.4, -0.2) is 20.9 Å². The highest BCUT2D eigenvalue weighted by Crippen LogP contribution is 2.35. The number of nitrogens with zero attached hydrogens (tertiary/aromatic N) is 3. The molecule has 0 saturated carbocycles. The van der Waals surface area contributed by atoms with E-state index in [1.807, 2.05) is 57.2 Å². The number of benzene rings is 1. The van der Waals surface area contributed by atoms with Gasteiger partial charge in [0.25, 0.3) is 5.56 Å². The highest BCUT2D eigenvalue weighted by Gasteiger charge is 2.16. The fourth-order valence-electron chi connectivity index (χ4n) is 3.13. The fraction of sp³-hybridized carbons (Fsp3) is 0.150. The Labute approximate surface area is 154 Å². The molecule has 0 unspecified atom stereocenters. The van der Waals surface area contributed by atoms with Crippen molar-refractivity contribution in [1.29, 1.82) is 0 Å². The van der Waals surface area contributed by atoms with E-state index in [2.05, 4.69) is 15.1 Å². The summed E-state index contributed by atoms with van der Waals surface area (Å²) in [5.74, 6) is 0. The number of rotatable bonds is 3. The summed E-state index contributed by atoms with van der Waals surface area (Å²) in [6.07, 6.45) is 3.18. The van der Waals surface area contributed by atoms with Crippen molar-refractivity contribution in [3.63, 3.8) is 0 Å². The van der Waals surface area contributed by atoms with Crippen molar-refractivity contribution < 1.29 is 0 Å². The van der Waals surface area contributed by atoms with Crippen LogP contribution in [0, 0.1) is 20.8 Å². The first-order valence-corrected chi connectivity index (χ1v) is 9.13. The third-order valence-electron chi connectivity index (χ3n) is 4.35. The Morgan fingerprint density at radius 2 is 1.96 bits per heavy atom. The maximum atomic E-state index is 13.1. The molecule has 3 heterocycles. The van der Waals surface area contributed by atoms with Crippen molar-refractivity contribution in [2.45, 2.75) is 20.8 Å². The Morgan fingerprint density at radius 1 is 1.19 bits per heavy atom. The van der Waals surface area contributed by atoms with E-state index < -0.39 is 0 Å². The van der Waals surface area contributed by atoms with Crippen molar-refractivity contribution in [2.24, 2.45) is 5.10 Å². The van der Waals surface area contributed by atoms with E-state index in [0.29, 0.717) is 5.39 Å². The van der Waals surface area contributed by atoms with Gasteiger partial charge in [0.2, 0.25) is 0 Å². The maximum Gasteiger partial charge on any atom is 0.283 e. The zero-order chi connectivity index (χ0) is 18.3. The normalized spacial score (nSPS) is 11.7. The van der Waals surface area contributed by atoms with E-state index in [1.165, 1.54) is 22.3 Å². The molecule has 0 aliphatic rings. The van der Waals surface area contributed by atoms with E-state index in [9.17, 15) is 4.79 Å². The van der Waals surface area contributed by atoms with Gasteiger partial charge in [0, 0.05) is 27.4 Å². The van der Waals surface area contributed by atoms with Gasteiger partial charge in [-0.05, 0) is 32.4 Å². The van der Waals surface area contributed by atoms with E-state index in [-0.39, 0.29) is 5.56 Å². The lowest BCUT2D eigenvalue weighted by Gasteiger charge is -2.02. The minimum atomic E-state index is -0.153. The molecule has 6 heteroatoms. The molecular formula is C20H18N4OS. The molecule has 0 aliphatic carbocycles. The fourth-order valence-corrected chi connectivity index (χ4v) is 4.14. The van der Waals surface area contributed by atoms with Crippen LogP contribution in [-0.2, 0) is 0 Å². The number of thiophene rings is 1. The highest BCUT2D eigenvalue weighted by atomic mass is 32.1. The maximum absolute atomic E-state index is 13.1. The Kier molecular flexibility index (Phi) is 4.05. The molecular weight excluding hydrogens is 344 g/mol. The molecule has 0 atom stereocenters. The molecule has 5 nitrogen and oxygen atoms in total. The minimum Gasteiger partial charge on any atom is -0.362 e. The Bertz CT molecular complexity index is 1180. The number of H-pyrrole nitrogens is 1. The van der Waals surface area contributed by atoms with Crippen LogP contribution >= 0.6 is 11.3 Å². The second-order valence-electron chi connectivity index (χ2n) is 6.25. The van der Waals surface area contributed by atoms with Crippen molar-refractivity contribution in [1.82, 2.24) is 14.6 Å². The van der Waals surface area contributed by atoms with Gasteiger partial charge >= 0.3 is 0 Å². The van der Waals surface area contributed by atoms with E-state index in [4.69, 9.17) is 0 Å². The van der Waals surface area contributed by atoms with Crippen LogP contribution in [0.25, 0.3) is 21.3 Å². The van der Waals surface area contributed by atoms with E-state index in [1.54, 1.807) is 6.21 Å². The second-order valence-corrected chi connectivity index (χ2v) is 7.45. The number of nitrogens with one attached hydrogen (secondary N) is 1. The average molecular weight is 362 g/mol. The third-order valence-corrected chi connectivity index (χ3v) is 5.36. The molecule has 1 N–H and O–H groups in total. The van der Waals surface area contributed by atoms with Gasteiger partial charge in [-0.1, -0.05) is 30.3 Å². The lowest BCUT2D eigenvalue weighted by atomic mass is 10.0. The van der Waals surface area contributed by atoms with Gasteiger partial charge in [-0.2, -0.15) is 9.78 Å². The summed E-state index contributed by atoms with van der Waals surface area (Å²) < 4.78 is 1.31. The van der Waals surface area contributed by atoms with Crippen molar-refractivity contribution >= 4 is 27.8 Å². The zero-order valence-electron chi connectivity index (χ0n) is 14.8. The van der Waals surface area contributed by atoms with Crippen LogP contribution in [0.4, 0.5) is 0 Å². The lowest BCUT2D eigenvalue weighted by Crippen LogP contribution is -2.16. The lowest BCUT2D eigenvalue weighted by molar-refractivity contribution is 0.818. The second kappa shape index (κ2) is 6.38. The average Bonchev–Trinajstić information content (AvgIpc) is 3.13. The van der Waals surface area contributed by atoms with Gasteiger partial charge in [0.15, 0.2) is 0 Å².